The molecule has 1 aromatic carbocycles. The molecule has 2 heteroatoms. The number of hydrogen-bond donors (Lipinski definition) is 0. The lowest BCUT2D eigenvalue weighted by Crippen LogP contribution is -2.04. The normalized spacial score (nSPS) is 10.1. The number of rotatable bonds is 2. The van der Waals surface area contributed by atoms with Crippen molar-refractivity contribution in [2.45, 2.75) is 144 Å². The van der Waals surface area contributed by atoms with Crippen molar-refractivity contribution in [3.63, 3.8) is 0 Å². The van der Waals surface area contributed by atoms with Gasteiger partial charge in [0, 0.05) is 24.5 Å². The largest absolute Gasteiger partial charge is 0.273 e. The lowest BCUT2D eigenvalue weighted by molar-refractivity contribution is 0.346. The molecule has 2 aromatic rings. The summed E-state index contributed by atoms with van der Waals surface area (Å²) in [6.45, 7) is 23.9. The molecule has 0 bridgehead atoms. The smallest absolute Gasteiger partial charge is 0.0492 e. The third-order valence-electron chi connectivity index (χ3n) is 4.81. The van der Waals surface area contributed by atoms with Crippen molar-refractivity contribution < 1.29 is 0 Å². The fraction of sp³-hybridized carbons (Fsp3) is 0.694. The van der Waals surface area contributed by atoms with Gasteiger partial charge >= 0.3 is 0 Å². The molecule has 0 saturated heterocycles. The van der Waals surface area contributed by atoms with Crippen LogP contribution in [0.25, 0.3) is 0 Å². The van der Waals surface area contributed by atoms with E-state index in [0.29, 0.717) is 0 Å². The monoisotopic (exact) mass is 535 g/mol. The average Bonchev–Trinajstić information content (AvgIpc) is 3.16. The van der Waals surface area contributed by atoms with Gasteiger partial charge in [-0.3, -0.25) is 4.68 Å². The molecule has 1 saturated carbocycles. The van der Waals surface area contributed by atoms with Crippen molar-refractivity contribution in [2.24, 2.45) is 24.8 Å². The lowest BCUT2D eigenvalue weighted by Gasteiger charge is -2.18. The van der Waals surface area contributed by atoms with Crippen LogP contribution >= 0.6 is 0 Å². The standard InChI is InChI=1S/C10H10.C5H8N2.C5H10.C5H12.C4H10.C3H8.4CH4/c1-3-9-5-7-10(4-2)8-6-9;1-5-3-4-6-7(5)2;1-5-3-2-4-5;1-4-5(2)3;1-4(2)3;1-3-2;;;;/h1,5-8H,4H2,2H3;3-4H,1-2H3;5H,2-4H2,1H3;5H,4H2,1-3H3;4H,1-3H3;3H2,1-2H3;4*1H4. The van der Waals surface area contributed by atoms with Gasteiger partial charge in [0.05, 0.1) is 0 Å². The molecule has 0 N–H and O–H groups in total. The Kier molecular flexibility index (Phi) is 51.2. The first-order valence-corrected chi connectivity index (χ1v) is 13.5. The summed E-state index contributed by atoms with van der Waals surface area (Å²) in [4.78, 5) is 0. The Bertz CT molecular complexity index is 660. The van der Waals surface area contributed by atoms with Crippen LogP contribution < -0.4 is 0 Å². The minimum Gasteiger partial charge on any atom is -0.273 e. The van der Waals surface area contributed by atoms with Crippen LogP contribution in [0.2, 0.25) is 0 Å². The molecule has 0 atom stereocenters. The van der Waals surface area contributed by atoms with Crippen LogP contribution in [0, 0.1) is 37.0 Å². The number of aryl methyl sites for hydroxylation is 3. The Hall–Kier alpha value is -2.01. The zero-order chi connectivity index (χ0) is 26.9. The van der Waals surface area contributed by atoms with Gasteiger partial charge in [0.15, 0.2) is 0 Å². The van der Waals surface area contributed by atoms with E-state index in [1.807, 2.05) is 36.9 Å². The van der Waals surface area contributed by atoms with Crippen molar-refractivity contribution in [2.75, 3.05) is 0 Å². The van der Waals surface area contributed by atoms with Crippen LogP contribution in [-0.2, 0) is 13.5 Å². The second-order valence-electron chi connectivity index (χ2n) is 10.1. The van der Waals surface area contributed by atoms with E-state index in [9.17, 15) is 0 Å². The van der Waals surface area contributed by atoms with E-state index in [4.69, 9.17) is 6.42 Å². The molecule has 1 aliphatic rings. The van der Waals surface area contributed by atoms with Gasteiger partial charge in [-0.1, -0.05) is 149 Å². The molecule has 0 amide bonds. The maximum absolute atomic E-state index is 5.19. The highest BCUT2D eigenvalue weighted by atomic mass is 15.2. The minimum atomic E-state index is 0. The van der Waals surface area contributed by atoms with Crippen LogP contribution in [-0.4, -0.2) is 9.78 Å². The van der Waals surface area contributed by atoms with Gasteiger partial charge in [0.2, 0.25) is 0 Å². The first-order valence-electron chi connectivity index (χ1n) is 13.5. The molecule has 228 valence electrons. The summed E-state index contributed by atoms with van der Waals surface area (Å²) < 4.78 is 1.83. The summed E-state index contributed by atoms with van der Waals surface area (Å²) in [5.74, 6) is 5.36. The lowest BCUT2D eigenvalue weighted by atomic mass is 9.88. The Labute approximate surface area is 244 Å². The van der Waals surface area contributed by atoms with Gasteiger partial charge in [-0.25, -0.2) is 0 Å². The van der Waals surface area contributed by atoms with E-state index in [1.165, 1.54) is 43.4 Å². The Morgan fingerprint density at radius 1 is 0.895 bits per heavy atom. The third kappa shape index (κ3) is 41.1. The van der Waals surface area contributed by atoms with E-state index in [1.54, 1.807) is 6.20 Å². The highest BCUT2D eigenvalue weighted by Gasteiger charge is 2.09. The SMILES string of the molecule is C.C.C.C.C#Cc1ccc(CC)cc1.CC(C)C.CC1CCC1.CCC.CCC(C)C.Cc1ccnn1C. The second kappa shape index (κ2) is 37.1. The molecule has 0 aliphatic heterocycles. The summed E-state index contributed by atoms with van der Waals surface area (Å²) in [6, 6.07) is 10.0. The molecule has 3 rings (SSSR count). The predicted molar refractivity (Wildman–Crippen MR) is 183 cm³/mol. The van der Waals surface area contributed by atoms with Gasteiger partial charge in [-0.2, -0.15) is 5.10 Å². The number of terminal acetylenes is 1. The molecule has 1 aromatic heterocycles. The molecule has 0 spiro atoms. The summed E-state index contributed by atoms with van der Waals surface area (Å²) in [7, 11) is 1.93. The summed E-state index contributed by atoms with van der Waals surface area (Å²) in [5.41, 5.74) is 3.48. The zero-order valence-corrected chi connectivity index (χ0v) is 24.9. The average molecular weight is 535 g/mol. The van der Waals surface area contributed by atoms with Gasteiger partial charge in [-0.05, 0) is 54.9 Å². The van der Waals surface area contributed by atoms with E-state index in [0.717, 1.165) is 29.7 Å². The Balaban J connectivity index is -0.0000000621. The molecular weight excluding hydrogens is 460 g/mol. The quantitative estimate of drug-likeness (QED) is 0.350. The maximum atomic E-state index is 5.19. The highest BCUT2D eigenvalue weighted by Crippen LogP contribution is 2.24. The van der Waals surface area contributed by atoms with Crippen LogP contribution in [0.1, 0.15) is 148 Å². The molecule has 1 heterocycles. The predicted octanol–water partition coefficient (Wildman–Crippen LogP) is 12.4. The topological polar surface area (TPSA) is 17.8 Å². The highest BCUT2D eigenvalue weighted by molar-refractivity contribution is 5.34. The van der Waals surface area contributed by atoms with E-state index in [-0.39, 0.29) is 29.7 Å². The summed E-state index contributed by atoms with van der Waals surface area (Å²) in [5, 5.41) is 3.93. The van der Waals surface area contributed by atoms with Crippen LogP contribution in [0.3, 0.4) is 0 Å². The fourth-order valence-electron chi connectivity index (χ4n) is 1.89. The van der Waals surface area contributed by atoms with Gasteiger partial charge < -0.3 is 0 Å². The van der Waals surface area contributed by atoms with Crippen molar-refractivity contribution in [1.82, 2.24) is 9.78 Å². The van der Waals surface area contributed by atoms with Crippen LogP contribution in [0.4, 0.5) is 0 Å². The Morgan fingerprint density at radius 3 is 1.39 bits per heavy atom. The van der Waals surface area contributed by atoms with Gasteiger partial charge in [-0.15, -0.1) is 6.42 Å². The minimum absolute atomic E-state index is 0. The first kappa shape index (κ1) is 52.4. The number of aromatic nitrogens is 2. The molecule has 0 radical (unpaired) electrons. The van der Waals surface area contributed by atoms with Gasteiger partial charge in [0.1, 0.15) is 0 Å². The third-order valence-corrected chi connectivity index (χ3v) is 4.81. The van der Waals surface area contributed by atoms with E-state index >= 15 is 0 Å². The van der Waals surface area contributed by atoms with E-state index in [2.05, 4.69) is 92.4 Å². The maximum Gasteiger partial charge on any atom is 0.0492 e. The second-order valence-corrected chi connectivity index (χ2v) is 10.1. The molecule has 0 unspecified atom stereocenters. The molecule has 1 fully saturated rings. The molecule has 38 heavy (non-hydrogen) atoms. The summed E-state index contributed by atoms with van der Waals surface area (Å²) >= 11 is 0. The van der Waals surface area contributed by atoms with Crippen LogP contribution in [0.15, 0.2) is 36.5 Å². The van der Waals surface area contributed by atoms with Crippen molar-refractivity contribution in [1.29, 1.82) is 0 Å². The molecule has 1 aliphatic carbocycles. The fourth-order valence-corrected chi connectivity index (χ4v) is 1.89. The number of hydrogen-bond acceptors (Lipinski definition) is 1. The van der Waals surface area contributed by atoms with Crippen molar-refractivity contribution >= 4 is 0 Å². The first-order chi connectivity index (χ1) is 16.0. The Morgan fingerprint density at radius 2 is 1.26 bits per heavy atom. The molecule has 2 nitrogen and oxygen atoms in total. The molecular formula is C36H74N2. The number of benzene rings is 1. The zero-order valence-electron chi connectivity index (χ0n) is 24.9. The van der Waals surface area contributed by atoms with E-state index < -0.39 is 0 Å². The number of nitrogens with zero attached hydrogens (tertiary/aromatic N) is 2. The van der Waals surface area contributed by atoms with Crippen molar-refractivity contribution in [3.05, 3.63) is 53.3 Å². The van der Waals surface area contributed by atoms with Gasteiger partial charge in [0.25, 0.3) is 0 Å². The van der Waals surface area contributed by atoms with Crippen LogP contribution in [0.5, 0.6) is 0 Å². The van der Waals surface area contributed by atoms with Crippen molar-refractivity contribution in [3.8, 4) is 12.3 Å². The summed E-state index contributed by atoms with van der Waals surface area (Å²) in [6.07, 6.45) is 15.1.